The number of carbonyl (C=O) groups is 4. The van der Waals surface area contributed by atoms with Crippen LogP contribution in [0.2, 0.25) is 0 Å². The van der Waals surface area contributed by atoms with Crippen molar-refractivity contribution in [3.8, 4) is 27.8 Å². The van der Waals surface area contributed by atoms with Crippen LogP contribution in [0.15, 0.2) is 66.1 Å². The number of para-hydroxylation sites is 1. The van der Waals surface area contributed by atoms with Gasteiger partial charge in [0.25, 0.3) is 11.9 Å². The van der Waals surface area contributed by atoms with Crippen LogP contribution < -0.4 is 20.1 Å². The highest BCUT2D eigenvalue weighted by atomic mass is 32.2. The molecule has 18 heteroatoms. The topological polar surface area (TPSA) is 194 Å². The number of rotatable bonds is 9. The van der Waals surface area contributed by atoms with E-state index in [1.807, 2.05) is 84.5 Å². The number of carbonyl (C=O) groups excluding carboxylic acids is 4. The summed E-state index contributed by atoms with van der Waals surface area (Å²) < 4.78 is 42.9. The van der Waals surface area contributed by atoms with E-state index in [1.165, 1.54) is 19.0 Å². The predicted octanol–water partition coefficient (Wildman–Crippen LogP) is 5.97. The average Bonchev–Trinajstić information content (AvgIpc) is 3.56. The molecule has 7 rings (SSSR count). The molecule has 1 saturated heterocycles. The zero-order valence-corrected chi connectivity index (χ0v) is 37.8. The van der Waals surface area contributed by atoms with Crippen LogP contribution >= 0.6 is 11.3 Å². The number of imidazole rings is 1. The molecule has 2 aromatic heterocycles. The zero-order chi connectivity index (χ0) is 44.6. The fourth-order valence-electron chi connectivity index (χ4n) is 8.06. The first kappa shape index (κ1) is 44.7. The van der Waals surface area contributed by atoms with Gasteiger partial charge in [0.1, 0.15) is 39.9 Å². The second-order valence-corrected chi connectivity index (χ2v) is 20.4. The highest BCUT2D eigenvalue weighted by molar-refractivity contribution is 7.87. The van der Waals surface area contributed by atoms with Gasteiger partial charge in [-0.2, -0.15) is 17.7 Å². The first-order valence-corrected chi connectivity index (χ1v) is 23.4. The van der Waals surface area contributed by atoms with Crippen molar-refractivity contribution in [2.24, 2.45) is 5.92 Å². The molecule has 4 heterocycles. The van der Waals surface area contributed by atoms with Gasteiger partial charge in [-0.1, -0.05) is 67.5 Å². The number of hydrogen-bond acceptors (Lipinski definition) is 11. The molecule has 5 atom stereocenters. The molecule has 2 aliphatic heterocycles. The second-order valence-electron chi connectivity index (χ2n) is 17.7. The summed E-state index contributed by atoms with van der Waals surface area (Å²) in [7, 11) is -1.59. The molecule has 0 radical (unpaired) electrons. The Morgan fingerprint density at radius 1 is 1.03 bits per heavy atom. The van der Waals surface area contributed by atoms with E-state index in [1.54, 1.807) is 32.1 Å². The van der Waals surface area contributed by atoms with Crippen LogP contribution in [-0.4, -0.2) is 106 Å². The number of hydrogen-bond donors (Lipinski definition) is 3. The molecule has 2 fully saturated rings. The number of alkyl carbamates (subject to hydrolysis) is 1. The van der Waals surface area contributed by atoms with Crippen molar-refractivity contribution in [1.29, 1.82) is 0 Å². The number of amides is 4. The summed E-state index contributed by atoms with van der Waals surface area (Å²) in [6.07, 6.45) is 5.55. The van der Waals surface area contributed by atoms with Gasteiger partial charge in [0.2, 0.25) is 11.8 Å². The molecule has 4 amide bonds. The number of aromatic nitrogens is 3. The Bertz CT molecular complexity index is 2460. The number of fused-ring (bicyclic) bond motifs is 3. The highest BCUT2D eigenvalue weighted by Gasteiger charge is 2.62. The molecule has 0 bridgehead atoms. The van der Waals surface area contributed by atoms with Crippen LogP contribution in [-0.2, 0) is 29.3 Å². The van der Waals surface area contributed by atoms with Gasteiger partial charge >= 0.3 is 16.3 Å². The van der Waals surface area contributed by atoms with Crippen LogP contribution in [0.1, 0.15) is 85.6 Å². The smallest absolute Gasteiger partial charge is 0.408 e. The Hall–Kier alpha value is -5.33. The third kappa shape index (κ3) is 9.66. The number of ether oxygens (including phenoxy) is 2. The Balaban J connectivity index is 1.23. The normalized spacial score (nSPS) is 24.1. The van der Waals surface area contributed by atoms with E-state index in [2.05, 4.69) is 15.4 Å². The minimum absolute atomic E-state index is 0.0195. The lowest BCUT2D eigenvalue weighted by atomic mass is 10.0. The van der Waals surface area contributed by atoms with E-state index in [4.69, 9.17) is 19.4 Å². The number of nitrogens with one attached hydrogen (secondary N) is 3. The van der Waals surface area contributed by atoms with E-state index in [9.17, 15) is 27.6 Å². The lowest BCUT2D eigenvalue weighted by Gasteiger charge is -2.30. The van der Waals surface area contributed by atoms with Crippen LogP contribution in [0.4, 0.5) is 4.79 Å². The number of thiazole rings is 1. The van der Waals surface area contributed by atoms with Gasteiger partial charge in [0.05, 0.1) is 17.8 Å². The van der Waals surface area contributed by atoms with E-state index < -0.39 is 69.3 Å². The zero-order valence-electron chi connectivity index (χ0n) is 36.2. The van der Waals surface area contributed by atoms with E-state index >= 15 is 0 Å². The molecule has 0 unspecified atom stereocenters. The van der Waals surface area contributed by atoms with Crippen molar-refractivity contribution >= 4 is 56.4 Å². The molecule has 1 aliphatic carbocycles. The minimum atomic E-state index is -4.19. The van der Waals surface area contributed by atoms with Crippen molar-refractivity contribution in [2.45, 2.75) is 115 Å². The lowest BCUT2D eigenvalue weighted by molar-refractivity contribution is -0.141. The third-order valence-electron chi connectivity index (χ3n) is 11.3. The van der Waals surface area contributed by atoms with Crippen LogP contribution in [0.5, 0.6) is 6.01 Å². The number of allylic oxidation sites excluding steroid dienone is 1. The van der Waals surface area contributed by atoms with Crippen LogP contribution in [0.3, 0.4) is 0 Å². The first-order chi connectivity index (χ1) is 29.4. The number of benzene rings is 2. The standard InChI is InChI=1S/C44H56N8O8S2/c1-27(2)52-34-22-16-20-31(33-26-61-38(45-33)28-17-12-11-13-18-28)36(34)47-41(52)59-30-23-35-37(53)48-44(40(55)49-62(57,58)50(6)7)24-29(44)19-14-9-8-10-15-21-32(39(54)51(35)25-30)46-42(56)60-43(3,4)5/h11-14,16-20,22,26-27,29-30,32,35H,8-10,15,21,23-25H2,1-7H3,(H,46,56)(H,48,53)(H,49,55)/b19-14-/t29-,30-,32+,35+,44-/m1/s1. The lowest BCUT2D eigenvalue weighted by Crippen LogP contribution is -2.58. The van der Waals surface area contributed by atoms with Gasteiger partial charge in [-0.3, -0.25) is 19.0 Å². The molecule has 2 aromatic carbocycles. The largest absolute Gasteiger partial charge is 0.459 e. The molecule has 0 spiro atoms. The molecule has 332 valence electrons. The molecule has 16 nitrogen and oxygen atoms in total. The summed E-state index contributed by atoms with van der Waals surface area (Å²) >= 11 is 1.54. The van der Waals surface area contributed by atoms with Crippen molar-refractivity contribution in [2.75, 3.05) is 20.6 Å². The predicted molar refractivity (Wildman–Crippen MR) is 236 cm³/mol. The van der Waals surface area contributed by atoms with Gasteiger partial charge < -0.3 is 25.0 Å². The summed E-state index contributed by atoms with van der Waals surface area (Å²) in [6.45, 7) is 9.18. The molecule has 4 aromatic rings. The quantitative estimate of drug-likeness (QED) is 0.169. The summed E-state index contributed by atoms with van der Waals surface area (Å²) in [5.74, 6) is -2.51. The average molecular weight is 889 g/mol. The molecular formula is C44H56N8O8S2. The van der Waals surface area contributed by atoms with Gasteiger partial charge in [-0.25, -0.2) is 14.5 Å². The van der Waals surface area contributed by atoms with Crippen LogP contribution in [0.25, 0.3) is 32.9 Å². The monoisotopic (exact) mass is 888 g/mol. The fraction of sp³-hybridized carbons (Fsp3) is 0.500. The highest BCUT2D eigenvalue weighted by Crippen LogP contribution is 2.46. The third-order valence-corrected chi connectivity index (χ3v) is 13.6. The van der Waals surface area contributed by atoms with Gasteiger partial charge in [-0.15, -0.1) is 11.3 Å². The first-order valence-electron chi connectivity index (χ1n) is 21.1. The van der Waals surface area contributed by atoms with Crippen molar-refractivity contribution in [3.63, 3.8) is 0 Å². The summed E-state index contributed by atoms with van der Waals surface area (Å²) in [4.78, 5) is 67.6. The van der Waals surface area contributed by atoms with Crippen molar-refractivity contribution < 1.29 is 37.1 Å². The summed E-state index contributed by atoms with van der Waals surface area (Å²) in [5.41, 5.74) is 1.70. The van der Waals surface area contributed by atoms with E-state index in [-0.39, 0.29) is 25.4 Å². The maximum absolute atomic E-state index is 14.7. The van der Waals surface area contributed by atoms with E-state index in [0.717, 1.165) is 44.5 Å². The minimum Gasteiger partial charge on any atom is -0.459 e. The summed E-state index contributed by atoms with van der Waals surface area (Å²) in [5, 5.41) is 8.53. The Kier molecular flexibility index (Phi) is 12.8. The molecule has 3 N–H and O–H groups in total. The molecule has 3 aliphatic rings. The van der Waals surface area contributed by atoms with Crippen LogP contribution in [0, 0.1) is 5.92 Å². The van der Waals surface area contributed by atoms with E-state index in [0.29, 0.717) is 30.8 Å². The number of nitrogens with zero attached hydrogens (tertiary/aromatic N) is 5. The fourth-order valence-corrected chi connectivity index (χ4v) is 9.48. The molecular weight excluding hydrogens is 833 g/mol. The Labute approximate surface area is 366 Å². The van der Waals surface area contributed by atoms with Crippen molar-refractivity contribution in [1.82, 2.24) is 39.1 Å². The molecule has 62 heavy (non-hydrogen) atoms. The summed E-state index contributed by atoms with van der Waals surface area (Å²) in [6, 6.07) is 13.8. The maximum Gasteiger partial charge on any atom is 0.408 e. The Morgan fingerprint density at radius 2 is 1.79 bits per heavy atom. The van der Waals surface area contributed by atoms with Gasteiger partial charge in [0.15, 0.2) is 0 Å². The second kappa shape index (κ2) is 17.8. The van der Waals surface area contributed by atoms with Crippen molar-refractivity contribution in [3.05, 3.63) is 66.1 Å². The maximum atomic E-state index is 14.7. The Morgan fingerprint density at radius 3 is 2.50 bits per heavy atom. The SMILES string of the molecule is CC(C)n1c(O[C@@H]2C[C@H]3C(=O)N[C@]4(C(=O)NS(=O)(=O)N(C)C)C[C@H]4/C=C\CCCCC[C@H](NC(=O)OC(C)(C)C)C(=O)N3C2)nc2c(-c3csc(-c4ccccc4)n3)cccc21. The molecule has 1 saturated carbocycles. The van der Waals surface area contributed by atoms with Gasteiger partial charge in [0, 0.05) is 49.0 Å². The van der Waals surface area contributed by atoms with Gasteiger partial charge in [-0.05, 0) is 66.4 Å².